The first-order valence-electron chi connectivity index (χ1n) is 8.21. The molecule has 1 unspecified atom stereocenters. The molecule has 1 aromatic rings. The maximum atomic E-state index is 13.3. The molecule has 0 spiro atoms. The Morgan fingerprint density at radius 1 is 1.20 bits per heavy atom. The van der Waals surface area contributed by atoms with Crippen LogP contribution in [0.25, 0.3) is 0 Å². The fourth-order valence-electron chi connectivity index (χ4n) is 3.46. The summed E-state index contributed by atoms with van der Waals surface area (Å²) in [6, 6.07) is 5.67. The lowest BCUT2D eigenvalue weighted by Crippen LogP contribution is -2.29. The second-order valence-electron chi connectivity index (χ2n) is 6.18. The van der Waals surface area contributed by atoms with Crippen molar-refractivity contribution in [2.45, 2.75) is 64.8 Å². The fourth-order valence-corrected chi connectivity index (χ4v) is 3.46. The van der Waals surface area contributed by atoms with Gasteiger partial charge in [0.25, 0.3) is 0 Å². The van der Waals surface area contributed by atoms with Crippen LogP contribution < -0.4 is 5.32 Å². The average molecular weight is 277 g/mol. The third-order valence-corrected chi connectivity index (χ3v) is 4.55. The van der Waals surface area contributed by atoms with Crippen molar-refractivity contribution in [2.75, 3.05) is 6.54 Å². The summed E-state index contributed by atoms with van der Waals surface area (Å²) in [5.41, 5.74) is 2.38. The first kappa shape index (κ1) is 15.5. The van der Waals surface area contributed by atoms with Crippen LogP contribution in [0.4, 0.5) is 4.39 Å². The largest absolute Gasteiger partial charge is 0.310 e. The minimum atomic E-state index is -0.124. The van der Waals surface area contributed by atoms with E-state index >= 15 is 0 Å². The van der Waals surface area contributed by atoms with E-state index in [-0.39, 0.29) is 5.82 Å². The zero-order chi connectivity index (χ0) is 14.4. The Hall–Kier alpha value is -0.890. The molecule has 1 aliphatic carbocycles. The van der Waals surface area contributed by atoms with Gasteiger partial charge in [0.05, 0.1) is 0 Å². The van der Waals surface area contributed by atoms with Crippen molar-refractivity contribution in [1.29, 1.82) is 0 Å². The summed E-state index contributed by atoms with van der Waals surface area (Å²) in [5.74, 6) is 0.578. The maximum Gasteiger partial charge on any atom is 0.123 e. The van der Waals surface area contributed by atoms with Crippen molar-refractivity contribution in [2.24, 2.45) is 5.92 Å². The molecule has 112 valence electrons. The Labute approximate surface area is 123 Å². The van der Waals surface area contributed by atoms with Gasteiger partial charge in [-0.15, -0.1) is 0 Å². The van der Waals surface area contributed by atoms with Crippen LogP contribution in [-0.2, 0) is 0 Å². The number of halogens is 1. The third-order valence-electron chi connectivity index (χ3n) is 4.55. The Morgan fingerprint density at radius 2 is 1.90 bits per heavy atom. The minimum Gasteiger partial charge on any atom is -0.310 e. The number of hydrogen-bond acceptors (Lipinski definition) is 1. The van der Waals surface area contributed by atoms with E-state index in [2.05, 4.69) is 12.2 Å². The highest BCUT2D eigenvalue weighted by Gasteiger charge is 2.24. The molecule has 0 bridgehead atoms. The van der Waals surface area contributed by atoms with Crippen molar-refractivity contribution >= 4 is 0 Å². The molecule has 0 aromatic heterocycles. The summed E-state index contributed by atoms with van der Waals surface area (Å²) < 4.78 is 13.3. The first-order valence-corrected chi connectivity index (χ1v) is 8.21. The summed E-state index contributed by atoms with van der Waals surface area (Å²) in [6.45, 7) is 5.28. The van der Waals surface area contributed by atoms with E-state index in [4.69, 9.17) is 0 Å². The van der Waals surface area contributed by atoms with Gasteiger partial charge in [-0.25, -0.2) is 4.39 Å². The first-order chi connectivity index (χ1) is 9.72. The van der Waals surface area contributed by atoms with Crippen molar-refractivity contribution < 1.29 is 4.39 Å². The Kier molecular flexibility index (Phi) is 6.03. The fraction of sp³-hybridized carbons (Fsp3) is 0.667. The summed E-state index contributed by atoms with van der Waals surface area (Å²) in [7, 11) is 0. The molecule has 1 saturated carbocycles. The highest BCUT2D eigenvalue weighted by Crippen LogP contribution is 2.35. The molecule has 1 N–H and O–H groups in total. The topological polar surface area (TPSA) is 12.0 Å². The number of hydrogen-bond donors (Lipinski definition) is 1. The molecule has 2 heteroatoms. The van der Waals surface area contributed by atoms with Crippen LogP contribution in [0, 0.1) is 18.7 Å². The van der Waals surface area contributed by atoms with Crippen molar-refractivity contribution in [1.82, 2.24) is 5.32 Å². The van der Waals surface area contributed by atoms with E-state index in [9.17, 15) is 4.39 Å². The maximum absolute atomic E-state index is 13.3. The van der Waals surface area contributed by atoms with Gasteiger partial charge in [0, 0.05) is 6.04 Å². The molecular weight excluding hydrogens is 249 g/mol. The van der Waals surface area contributed by atoms with Crippen LogP contribution >= 0.6 is 0 Å². The van der Waals surface area contributed by atoms with Gasteiger partial charge in [-0.2, -0.15) is 0 Å². The molecule has 0 heterocycles. The van der Waals surface area contributed by atoms with Crippen molar-refractivity contribution in [3.63, 3.8) is 0 Å². The molecule has 1 aromatic carbocycles. The van der Waals surface area contributed by atoms with E-state index in [1.54, 1.807) is 12.1 Å². The van der Waals surface area contributed by atoms with E-state index in [0.29, 0.717) is 12.0 Å². The molecule has 20 heavy (non-hydrogen) atoms. The van der Waals surface area contributed by atoms with Crippen LogP contribution in [0.1, 0.15) is 69.0 Å². The van der Waals surface area contributed by atoms with Gasteiger partial charge in [-0.05, 0) is 61.9 Å². The molecule has 1 nitrogen and oxygen atoms in total. The van der Waals surface area contributed by atoms with E-state index in [0.717, 1.165) is 18.5 Å². The van der Waals surface area contributed by atoms with Gasteiger partial charge >= 0.3 is 0 Å². The van der Waals surface area contributed by atoms with E-state index in [1.165, 1.54) is 44.1 Å². The molecule has 1 atom stereocenters. The van der Waals surface area contributed by atoms with Gasteiger partial charge in [0.1, 0.15) is 5.82 Å². The number of rotatable bonds is 5. The molecule has 0 radical (unpaired) electrons. The van der Waals surface area contributed by atoms with Gasteiger partial charge in [0.2, 0.25) is 0 Å². The van der Waals surface area contributed by atoms with Crippen LogP contribution in [0.3, 0.4) is 0 Å². The highest BCUT2D eigenvalue weighted by atomic mass is 19.1. The zero-order valence-electron chi connectivity index (χ0n) is 12.9. The lowest BCUT2D eigenvalue weighted by Gasteiger charge is -2.29. The predicted molar refractivity (Wildman–Crippen MR) is 83.4 cm³/mol. The molecule has 0 aliphatic heterocycles. The predicted octanol–water partition coefficient (Wildman–Crippen LogP) is 5.15. The van der Waals surface area contributed by atoms with Crippen LogP contribution in [0.15, 0.2) is 18.2 Å². The second kappa shape index (κ2) is 7.78. The van der Waals surface area contributed by atoms with Crippen LogP contribution in [0.5, 0.6) is 0 Å². The molecule has 1 aliphatic rings. The van der Waals surface area contributed by atoms with Gasteiger partial charge < -0.3 is 5.32 Å². The van der Waals surface area contributed by atoms with Crippen LogP contribution in [0.2, 0.25) is 0 Å². The molecule has 1 fully saturated rings. The summed E-state index contributed by atoms with van der Waals surface area (Å²) in [5, 5.41) is 3.72. The SMILES string of the molecule is CCCNC(c1ccc(F)cc1C)C1CCCCCC1. The smallest absolute Gasteiger partial charge is 0.123 e. The lowest BCUT2D eigenvalue weighted by molar-refractivity contribution is 0.324. The molecular formula is C18H28FN. The van der Waals surface area contributed by atoms with Gasteiger partial charge in [0.15, 0.2) is 0 Å². The standard InChI is InChI=1S/C18H28FN/c1-3-12-20-18(15-8-6-4-5-7-9-15)17-11-10-16(19)13-14(17)2/h10-11,13,15,18,20H,3-9,12H2,1-2H3. The summed E-state index contributed by atoms with van der Waals surface area (Å²) >= 11 is 0. The van der Waals surface area contributed by atoms with Gasteiger partial charge in [-0.1, -0.05) is 38.7 Å². The number of aryl methyl sites for hydroxylation is 1. The second-order valence-corrected chi connectivity index (χ2v) is 6.18. The van der Waals surface area contributed by atoms with E-state index < -0.39 is 0 Å². The monoisotopic (exact) mass is 277 g/mol. The lowest BCUT2D eigenvalue weighted by atomic mass is 9.85. The quantitative estimate of drug-likeness (QED) is 0.734. The average Bonchev–Trinajstić information content (AvgIpc) is 2.70. The Bertz CT molecular complexity index is 408. The normalized spacial score (nSPS) is 18.8. The summed E-state index contributed by atoms with van der Waals surface area (Å²) in [4.78, 5) is 0. The molecule has 0 amide bonds. The van der Waals surface area contributed by atoms with Crippen molar-refractivity contribution in [3.05, 3.63) is 35.1 Å². The summed E-state index contributed by atoms with van der Waals surface area (Å²) in [6.07, 6.45) is 9.18. The molecule has 0 saturated heterocycles. The van der Waals surface area contributed by atoms with E-state index in [1.807, 2.05) is 13.0 Å². The highest BCUT2D eigenvalue weighted by molar-refractivity contribution is 5.30. The number of benzene rings is 1. The minimum absolute atomic E-state index is 0.124. The Morgan fingerprint density at radius 3 is 2.50 bits per heavy atom. The Balaban J connectivity index is 2.20. The van der Waals surface area contributed by atoms with Gasteiger partial charge in [-0.3, -0.25) is 0 Å². The van der Waals surface area contributed by atoms with Crippen LogP contribution in [-0.4, -0.2) is 6.54 Å². The van der Waals surface area contributed by atoms with Crippen molar-refractivity contribution in [3.8, 4) is 0 Å². The third kappa shape index (κ3) is 4.05. The molecule has 2 rings (SSSR count). The number of nitrogens with one attached hydrogen (secondary N) is 1. The zero-order valence-corrected chi connectivity index (χ0v) is 12.9.